The molecule has 1 atom stereocenters. The summed E-state index contributed by atoms with van der Waals surface area (Å²) in [6, 6.07) is -0.180. The Hall–Kier alpha value is -1.69. The van der Waals surface area contributed by atoms with Crippen molar-refractivity contribution in [3.05, 3.63) is 30.4 Å². The third-order valence-electron chi connectivity index (χ3n) is 2.45. The number of hydrogen-bond acceptors (Lipinski definition) is 4. The molecule has 0 aliphatic carbocycles. The Balaban J connectivity index is 2.06. The van der Waals surface area contributed by atoms with Gasteiger partial charge < -0.3 is 10.3 Å². The molecule has 2 aromatic rings. The van der Waals surface area contributed by atoms with Gasteiger partial charge in [-0.3, -0.25) is 5.10 Å². The van der Waals surface area contributed by atoms with E-state index in [4.69, 9.17) is 5.73 Å². The molecule has 2 aromatic heterocycles. The van der Waals surface area contributed by atoms with Crippen LogP contribution in [0.25, 0.3) is 0 Å². The fourth-order valence-electron chi connectivity index (χ4n) is 1.66. The van der Waals surface area contributed by atoms with E-state index in [0.717, 1.165) is 18.8 Å². The van der Waals surface area contributed by atoms with Crippen molar-refractivity contribution in [1.82, 2.24) is 24.7 Å². The number of aromatic amines is 1. The zero-order chi connectivity index (χ0) is 11.4. The summed E-state index contributed by atoms with van der Waals surface area (Å²) in [6.07, 6.45) is 7.00. The van der Waals surface area contributed by atoms with Crippen LogP contribution in [0.15, 0.2) is 18.7 Å². The smallest absolute Gasteiger partial charge is 0.141 e. The molecule has 6 nitrogen and oxygen atoms in total. The largest absolute Gasteiger partial charge is 0.335 e. The van der Waals surface area contributed by atoms with Gasteiger partial charge in [-0.05, 0) is 6.42 Å². The zero-order valence-corrected chi connectivity index (χ0v) is 9.30. The van der Waals surface area contributed by atoms with E-state index in [1.807, 2.05) is 6.20 Å². The van der Waals surface area contributed by atoms with Crippen molar-refractivity contribution in [2.75, 3.05) is 0 Å². The third-order valence-corrected chi connectivity index (χ3v) is 2.45. The molecular formula is C10H16N6. The van der Waals surface area contributed by atoms with E-state index in [2.05, 4.69) is 31.7 Å². The van der Waals surface area contributed by atoms with Crippen LogP contribution in [0.3, 0.4) is 0 Å². The predicted octanol–water partition coefficient (Wildman–Crippen LogP) is 0.654. The van der Waals surface area contributed by atoms with Crippen LogP contribution in [0.5, 0.6) is 0 Å². The van der Waals surface area contributed by atoms with Gasteiger partial charge in [-0.2, -0.15) is 5.10 Å². The number of H-pyrrole nitrogens is 1. The molecule has 2 rings (SSSR count). The van der Waals surface area contributed by atoms with Gasteiger partial charge >= 0.3 is 0 Å². The lowest BCUT2D eigenvalue weighted by molar-refractivity contribution is 0.584. The molecule has 16 heavy (non-hydrogen) atoms. The van der Waals surface area contributed by atoms with Gasteiger partial charge in [-0.15, -0.1) is 0 Å². The van der Waals surface area contributed by atoms with Crippen molar-refractivity contribution in [3.63, 3.8) is 0 Å². The highest BCUT2D eigenvalue weighted by Gasteiger charge is 2.13. The number of hydrogen-bond donors (Lipinski definition) is 2. The maximum absolute atomic E-state index is 6.01. The Labute approximate surface area is 93.9 Å². The standard InChI is InChI=1S/C10H16N6/c1-2-4-16-5-3-12-9(16)6-8(11)10-13-7-14-15-10/h3,5,7-8H,2,4,6,11H2,1H3,(H,13,14,15). The normalized spacial score (nSPS) is 12.9. The molecule has 0 fully saturated rings. The average Bonchev–Trinajstić information content (AvgIpc) is 2.90. The van der Waals surface area contributed by atoms with Gasteiger partial charge in [0, 0.05) is 25.4 Å². The summed E-state index contributed by atoms with van der Waals surface area (Å²) < 4.78 is 2.12. The summed E-state index contributed by atoms with van der Waals surface area (Å²) in [6.45, 7) is 3.11. The number of nitrogens with zero attached hydrogens (tertiary/aromatic N) is 4. The van der Waals surface area contributed by atoms with Gasteiger partial charge in [0.05, 0.1) is 6.04 Å². The van der Waals surface area contributed by atoms with Crippen molar-refractivity contribution in [1.29, 1.82) is 0 Å². The SMILES string of the molecule is CCCn1ccnc1CC(N)c1ncn[nH]1. The minimum Gasteiger partial charge on any atom is -0.335 e. The molecule has 3 N–H and O–H groups in total. The first kappa shape index (κ1) is 10.8. The van der Waals surface area contributed by atoms with E-state index >= 15 is 0 Å². The van der Waals surface area contributed by atoms with Gasteiger partial charge in [0.15, 0.2) is 0 Å². The molecule has 6 heteroatoms. The monoisotopic (exact) mass is 220 g/mol. The highest BCUT2D eigenvalue weighted by atomic mass is 15.2. The molecule has 0 radical (unpaired) electrons. The first-order chi connectivity index (χ1) is 7.81. The number of nitrogens with two attached hydrogens (primary N) is 1. The maximum atomic E-state index is 6.01. The van der Waals surface area contributed by atoms with Crippen LogP contribution in [0.4, 0.5) is 0 Å². The van der Waals surface area contributed by atoms with Gasteiger partial charge in [-0.1, -0.05) is 6.92 Å². The Kier molecular flexibility index (Phi) is 3.31. The number of aryl methyl sites for hydroxylation is 1. The minimum atomic E-state index is -0.180. The van der Waals surface area contributed by atoms with E-state index in [9.17, 15) is 0 Å². The number of nitrogens with one attached hydrogen (secondary N) is 1. The first-order valence-electron chi connectivity index (χ1n) is 5.42. The molecule has 0 bridgehead atoms. The van der Waals surface area contributed by atoms with Gasteiger partial charge in [0.1, 0.15) is 18.0 Å². The van der Waals surface area contributed by atoms with Crippen molar-refractivity contribution in [2.24, 2.45) is 5.73 Å². The molecule has 2 heterocycles. The van der Waals surface area contributed by atoms with Crippen LogP contribution in [0.2, 0.25) is 0 Å². The van der Waals surface area contributed by atoms with E-state index in [-0.39, 0.29) is 6.04 Å². The molecule has 86 valence electrons. The molecule has 0 spiro atoms. The lowest BCUT2D eigenvalue weighted by Gasteiger charge is -2.10. The minimum absolute atomic E-state index is 0.180. The Morgan fingerprint density at radius 3 is 3.06 bits per heavy atom. The molecule has 1 unspecified atom stereocenters. The maximum Gasteiger partial charge on any atom is 0.141 e. The fraction of sp³-hybridized carbons (Fsp3) is 0.500. The summed E-state index contributed by atoms with van der Waals surface area (Å²) >= 11 is 0. The first-order valence-corrected chi connectivity index (χ1v) is 5.42. The van der Waals surface area contributed by atoms with Crippen LogP contribution in [0.1, 0.15) is 31.0 Å². The Morgan fingerprint density at radius 1 is 1.50 bits per heavy atom. The van der Waals surface area contributed by atoms with Crippen LogP contribution >= 0.6 is 0 Å². The molecule has 0 amide bonds. The molecule has 0 aliphatic heterocycles. The van der Waals surface area contributed by atoms with Crippen LogP contribution in [-0.4, -0.2) is 24.7 Å². The van der Waals surface area contributed by atoms with E-state index in [1.54, 1.807) is 6.20 Å². The Bertz CT molecular complexity index is 418. The molecular weight excluding hydrogens is 204 g/mol. The molecule has 0 saturated carbocycles. The van der Waals surface area contributed by atoms with E-state index < -0.39 is 0 Å². The summed E-state index contributed by atoms with van der Waals surface area (Å²) in [5, 5.41) is 6.57. The quantitative estimate of drug-likeness (QED) is 0.774. The lowest BCUT2D eigenvalue weighted by Crippen LogP contribution is -2.18. The summed E-state index contributed by atoms with van der Waals surface area (Å²) in [5.41, 5.74) is 6.01. The van der Waals surface area contributed by atoms with Gasteiger partial charge in [-0.25, -0.2) is 9.97 Å². The lowest BCUT2D eigenvalue weighted by atomic mass is 10.2. The summed E-state index contributed by atoms with van der Waals surface area (Å²) in [4.78, 5) is 8.35. The van der Waals surface area contributed by atoms with Crippen LogP contribution in [0, 0.1) is 0 Å². The highest BCUT2D eigenvalue weighted by Crippen LogP contribution is 2.10. The van der Waals surface area contributed by atoms with Crippen molar-refractivity contribution in [2.45, 2.75) is 32.4 Å². The van der Waals surface area contributed by atoms with Gasteiger partial charge in [0.25, 0.3) is 0 Å². The Morgan fingerprint density at radius 2 is 2.38 bits per heavy atom. The number of imidazole rings is 1. The van der Waals surface area contributed by atoms with Crippen LogP contribution < -0.4 is 5.73 Å². The second-order valence-corrected chi connectivity index (χ2v) is 3.72. The molecule has 0 aromatic carbocycles. The van der Waals surface area contributed by atoms with Crippen molar-refractivity contribution in [3.8, 4) is 0 Å². The fourth-order valence-corrected chi connectivity index (χ4v) is 1.66. The average molecular weight is 220 g/mol. The van der Waals surface area contributed by atoms with Crippen molar-refractivity contribution < 1.29 is 0 Å². The predicted molar refractivity (Wildman–Crippen MR) is 59.5 cm³/mol. The second-order valence-electron chi connectivity index (χ2n) is 3.72. The van der Waals surface area contributed by atoms with E-state index in [0.29, 0.717) is 12.2 Å². The number of aromatic nitrogens is 5. The van der Waals surface area contributed by atoms with Gasteiger partial charge in [0.2, 0.25) is 0 Å². The third kappa shape index (κ3) is 2.27. The summed E-state index contributed by atoms with van der Waals surface area (Å²) in [7, 11) is 0. The molecule has 0 aliphatic rings. The van der Waals surface area contributed by atoms with Crippen molar-refractivity contribution >= 4 is 0 Å². The highest BCUT2D eigenvalue weighted by molar-refractivity contribution is 5.00. The summed E-state index contributed by atoms with van der Waals surface area (Å²) in [5.74, 6) is 1.69. The van der Waals surface area contributed by atoms with E-state index in [1.165, 1.54) is 6.33 Å². The zero-order valence-electron chi connectivity index (χ0n) is 9.30. The second kappa shape index (κ2) is 4.89. The molecule has 0 saturated heterocycles. The topological polar surface area (TPSA) is 85.4 Å². The number of rotatable bonds is 5. The van der Waals surface area contributed by atoms with Crippen LogP contribution in [-0.2, 0) is 13.0 Å².